The molecular formula is C17H18BrF2N. The maximum absolute atomic E-state index is 14.1. The third kappa shape index (κ3) is 3.33. The van der Waals surface area contributed by atoms with Gasteiger partial charge in [0.2, 0.25) is 0 Å². The summed E-state index contributed by atoms with van der Waals surface area (Å²) in [6, 6.07) is 12.0. The predicted octanol–water partition coefficient (Wildman–Crippen LogP) is 4.57. The van der Waals surface area contributed by atoms with E-state index in [1.165, 1.54) is 12.1 Å². The molecule has 2 rings (SSSR count). The van der Waals surface area contributed by atoms with Crippen molar-refractivity contribution in [2.75, 3.05) is 0 Å². The monoisotopic (exact) mass is 353 g/mol. The summed E-state index contributed by atoms with van der Waals surface area (Å²) < 4.78 is 28.2. The zero-order chi connectivity index (χ0) is 15.6. The smallest absolute Gasteiger partial charge is 0.143 e. The molecule has 1 atom stereocenters. The minimum Gasteiger partial charge on any atom is -0.327 e. The number of hydrogen-bond acceptors (Lipinski definition) is 1. The molecule has 0 aromatic heterocycles. The Morgan fingerprint density at radius 2 is 1.71 bits per heavy atom. The van der Waals surface area contributed by atoms with E-state index in [0.717, 1.165) is 5.56 Å². The van der Waals surface area contributed by atoms with E-state index >= 15 is 0 Å². The van der Waals surface area contributed by atoms with Gasteiger partial charge in [-0.1, -0.05) is 44.2 Å². The largest absolute Gasteiger partial charge is 0.327 e. The van der Waals surface area contributed by atoms with E-state index in [-0.39, 0.29) is 21.9 Å². The van der Waals surface area contributed by atoms with Gasteiger partial charge in [-0.25, -0.2) is 8.78 Å². The number of benzene rings is 2. The fourth-order valence-corrected chi connectivity index (χ4v) is 2.68. The zero-order valence-electron chi connectivity index (χ0n) is 12.0. The van der Waals surface area contributed by atoms with Crippen LogP contribution in [0.2, 0.25) is 0 Å². The Bertz CT molecular complexity index is 626. The van der Waals surface area contributed by atoms with Gasteiger partial charge in [0, 0.05) is 17.0 Å². The topological polar surface area (TPSA) is 26.0 Å². The van der Waals surface area contributed by atoms with Gasteiger partial charge >= 0.3 is 0 Å². The molecule has 0 radical (unpaired) electrons. The first kappa shape index (κ1) is 16.1. The van der Waals surface area contributed by atoms with Crippen molar-refractivity contribution in [3.05, 3.63) is 69.7 Å². The summed E-state index contributed by atoms with van der Waals surface area (Å²) in [7, 11) is 0. The van der Waals surface area contributed by atoms with Crippen molar-refractivity contribution in [1.29, 1.82) is 0 Å². The van der Waals surface area contributed by atoms with Crippen molar-refractivity contribution in [3.63, 3.8) is 0 Å². The van der Waals surface area contributed by atoms with E-state index in [0.29, 0.717) is 0 Å². The van der Waals surface area contributed by atoms with Gasteiger partial charge in [0.05, 0.1) is 4.47 Å². The van der Waals surface area contributed by atoms with E-state index in [9.17, 15) is 8.78 Å². The van der Waals surface area contributed by atoms with Crippen LogP contribution in [0.4, 0.5) is 8.78 Å². The Labute approximate surface area is 132 Å². The summed E-state index contributed by atoms with van der Waals surface area (Å²) in [5.74, 6) is -1.13. The summed E-state index contributed by atoms with van der Waals surface area (Å²) in [6.07, 6.45) is 0.138. The Morgan fingerprint density at radius 3 is 2.33 bits per heavy atom. The number of hydrogen-bond donors (Lipinski definition) is 1. The van der Waals surface area contributed by atoms with Crippen molar-refractivity contribution < 1.29 is 8.78 Å². The Kier molecular flexibility index (Phi) is 4.79. The van der Waals surface area contributed by atoms with Crippen LogP contribution in [0.5, 0.6) is 0 Å². The maximum atomic E-state index is 14.1. The Morgan fingerprint density at radius 1 is 1.10 bits per heavy atom. The van der Waals surface area contributed by atoms with Crippen molar-refractivity contribution in [3.8, 4) is 0 Å². The minimum atomic E-state index is -0.575. The highest BCUT2D eigenvalue weighted by molar-refractivity contribution is 9.10. The number of nitrogens with two attached hydrogens (primary N) is 1. The van der Waals surface area contributed by atoms with Crippen LogP contribution in [0, 0.1) is 11.6 Å². The van der Waals surface area contributed by atoms with Crippen LogP contribution in [-0.2, 0) is 11.8 Å². The van der Waals surface area contributed by atoms with Gasteiger partial charge in [-0.2, -0.15) is 0 Å². The van der Waals surface area contributed by atoms with E-state index in [1.807, 2.05) is 44.2 Å². The molecule has 0 saturated carbocycles. The van der Waals surface area contributed by atoms with Gasteiger partial charge in [-0.05, 0) is 40.0 Å². The van der Waals surface area contributed by atoms with Gasteiger partial charge < -0.3 is 5.73 Å². The predicted molar refractivity (Wildman–Crippen MR) is 85.2 cm³/mol. The molecule has 0 spiro atoms. The van der Waals surface area contributed by atoms with Gasteiger partial charge in [0.15, 0.2) is 0 Å². The average molecular weight is 354 g/mol. The molecular weight excluding hydrogens is 336 g/mol. The van der Waals surface area contributed by atoms with E-state index < -0.39 is 17.7 Å². The molecule has 112 valence electrons. The van der Waals surface area contributed by atoms with Crippen LogP contribution in [0.3, 0.4) is 0 Å². The molecule has 4 heteroatoms. The highest BCUT2D eigenvalue weighted by Crippen LogP contribution is 2.30. The van der Waals surface area contributed by atoms with Crippen LogP contribution in [0.25, 0.3) is 0 Å². The summed E-state index contributed by atoms with van der Waals surface area (Å²) in [5, 5.41) is 0. The first-order valence-corrected chi connectivity index (χ1v) is 7.57. The first-order valence-electron chi connectivity index (χ1n) is 6.77. The lowest BCUT2D eigenvalue weighted by Crippen LogP contribution is -2.42. The Balaban J connectivity index is 2.30. The fourth-order valence-electron chi connectivity index (χ4n) is 2.31. The van der Waals surface area contributed by atoms with Crippen LogP contribution < -0.4 is 5.73 Å². The quantitative estimate of drug-likeness (QED) is 0.800. The molecule has 0 aliphatic heterocycles. The molecule has 0 bridgehead atoms. The standard InChI is InChI=1S/C17H18BrF2N/c1-17(2,11-6-4-3-5-7-11)15(21)10-12-14(19)9-8-13(18)16(12)20/h3-9,15H,10,21H2,1-2H3. The third-order valence-corrected chi connectivity index (χ3v) is 4.62. The lowest BCUT2D eigenvalue weighted by Gasteiger charge is -2.32. The van der Waals surface area contributed by atoms with Crippen molar-refractivity contribution in [2.24, 2.45) is 5.73 Å². The molecule has 0 fully saturated rings. The van der Waals surface area contributed by atoms with E-state index in [4.69, 9.17) is 5.73 Å². The molecule has 0 aliphatic rings. The van der Waals surface area contributed by atoms with Gasteiger partial charge in [0.25, 0.3) is 0 Å². The second-order valence-corrected chi connectivity index (χ2v) is 6.57. The number of halogens is 3. The molecule has 21 heavy (non-hydrogen) atoms. The Hall–Kier alpha value is -1.26. The summed E-state index contributed by atoms with van der Waals surface area (Å²) in [4.78, 5) is 0. The summed E-state index contributed by atoms with van der Waals surface area (Å²) in [5.41, 5.74) is 6.95. The average Bonchev–Trinajstić information content (AvgIpc) is 2.48. The van der Waals surface area contributed by atoms with Gasteiger partial charge in [-0.15, -0.1) is 0 Å². The van der Waals surface area contributed by atoms with E-state index in [2.05, 4.69) is 15.9 Å². The maximum Gasteiger partial charge on any atom is 0.143 e. The lowest BCUT2D eigenvalue weighted by atomic mass is 9.76. The van der Waals surface area contributed by atoms with Gasteiger partial charge in [-0.3, -0.25) is 0 Å². The molecule has 0 saturated heterocycles. The normalized spacial score (nSPS) is 13.2. The third-order valence-electron chi connectivity index (χ3n) is 4.01. The first-order chi connectivity index (χ1) is 9.84. The molecule has 2 aromatic carbocycles. The van der Waals surface area contributed by atoms with Crippen LogP contribution >= 0.6 is 15.9 Å². The molecule has 0 heterocycles. The van der Waals surface area contributed by atoms with Crippen molar-refractivity contribution >= 4 is 15.9 Å². The van der Waals surface area contributed by atoms with Gasteiger partial charge in [0.1, 0.15) is 11.6 Å². The van der Waals surface area contributed by atoms with Crippen LogP contribution in [0.1, 0.15) is 25.0 Å². The highest BCUT2D eigenvalue weighted by atomic mass is 79.9. The molecule has 0 aliphatic carbocycles. The highest BCUT2D eigenvalue weighted by Gasteiger charge is 2.30. The van der Waals surface area contributed by atoms with Crippen LogP contribution in [0.15, 0.2) is 46.9 Å². The zero-order valence-corrected chi connectivity index (χ0v) is 13.6. The SMILES string of the molecule is CC(C)(c1ccccc1)C(N)Cc1c(F)ccc(Br)c1F. The number of rotatable bonds is 4. The fraction of sp³-hybridized carbons (Fsp3) is 0.294. The summed E-state index contributed by atoms with van der Waals surface area (Å²) >= 11 is 3.08. The second-order valence-electron chi connectivity index (χ2n) is 5.72. The van der Waals surface area contributed by atoms with Crippen molar-refractivity contribution in [1.82, 2.24) is 0 Å². The van der Waals surface area contributed by atoms with Crippen molar-refractivity contribution in [2.45, 2.75) is 31.7 Å². The lowest BCUT2D eigenvalue weighted by molar-refractivity contribution is 0.395. The minimum absolute atomic E-state index is 0.0286. The van der Waals surface area contributed by atoms with E-state index in [1.54, 1.807) is 0 Å². The van der Waals surface area contributed by atoms with Crippen LogP contribution in [-0.4, -0.2) is 6.04 Å². The molecule has 0 amide bonds. The summed E-state index contributed by atoms with van der Waals surface area (Å²) in [6.45, 7) is 3.97. The molecule has 1 unspecified atom stereocenters. The molecule has 1 nitrogen and oxygen atoms in total. The molecule has 2 aromatic rings. The molecule has 2 N–H and O–H groups in total. The second kappa shape index (κ2) is 6.24.